The molecule has 1 aliphatic heterocycles. The fourth-order valence-electron chi connectivity index (χ4n) is 12.1. The second kappa shape index (κ2) is 8.57. The molecule has 2 N–H and O–H groups in total. The van der Waals surface area contributed by atoms with Crippen LogP contribution in [0.15, 0.2) is 34.9 Å². The van der Waals surface area contributed by atoms with Crippen LogP contribution in [0.1, 0.15) is 118 Å². The third-order valence-electron chi connectivity index (χ3n) is 13.9. The highest BCUT2D eigenvalue weighted by molar-refractivity contribution is 5.41. The molecule has 10 unspecified atom stereocenters. The van der Waals surface area contributed by atoms with Crippen LogP contribution in [0.3, 0.4) is 0 Å². The third-order valence-corrected chi connectivity index (χ3v) is 13.9. The van der Waals surface area contributed by atoms with E-state index in [0.717, 1.165) is 36.0 Å². The van der Waals surface area contributed by atoms with E-state index in [2.05, 4.69) is 45.7 Å². The number of piperidine rings is 1. The Kier molecular flexibility index (Phi) is 5.82. The Labute approximate surface area is 226 Å². The Bertz CT molecular complexity index is 1030. The number of aliphatic hydroxyl groups excluding tert-OH is 1. The molecule has 6 fully saturated rings. The number of rotatable bonds is 2. The minimum absolute atomic E-state index is 0.0430. The van der Waals surface area contributed by atoms with Crippen molar-refractivity contribution in [3.05, 3.63) is 34.9 Å². The van der Waals surface area contributed by atoms with Gasteiger partial charge in [0.15, 0.2) is 0 Å². The van der Waals surface area contributed by atoms with Gasteiger partial charge in [-0.25, -0.2) is 0 Å². The SMILES string of the molecule is C=C(C)C1CCC2(C)CC(C3CCC4CC5CC6CC7(CCCC7)C(O)CC6C5C4(C)N3)=CC(C)=C2C1. The smallest absolute Gasteiger partial charge is 0.0599 e. The van der Waals surface area contributed by atoms with Crippen LogP contribution >= 0.6 is 0 Å². The quantitative estimate of drug-likeness (QED) is 0.373. The molecule has 1 saturated heterocycles. The van der Waals surface area contributed by atoms with Crippen molar-refractivity contribution >= 4 is 0 Å². The van der Waals surface area contributed by atoms with Gasteiger partial charge in [-0.05, 0) is 144 Å². The zero-order valence-electron chi connectivity index (χ0n) is 24.2. The maximum atomic E-state index is 11.4. The lowest BCUT2D eigenvalue weighted by atomic mass is 9.58. The monoisotopic (exact) mass is 503 g/mol. The van der Waals surface area contributed by atoms with E-state index in [1.807, 2.05) is 0 Å². The average Bonchev–Trinajstić information content (AvgIpc) is 3.52. The summed E-state index contributed by atoms with van der Waals surface area (Å²) >= 11 is 0. The topological polar surface area (TPSA) is 32.3 Å². The first-order valence-electron chi connectivity index (χ1n) is 16.1. The lowest BCUT2D eigenvalue weighted by molar-refractivity contribution is -0.0628. The summed E-state index contributed by atoms with van der Waals surface area (Å²) < 4.78 is 0. The van der Waals surface area contributed by atoms with E-state index in [9.17, 15) is 5.11 Å². The lowest BCUT2D eigenvalue weighted by Gasteiger charge is -2.52. The van der Waals surface area contributed by atoms with Crippen molar-refractivity contribution in [2.24, 2.45) is 46.3 Å². The second-order valence-corrected chi connectivity index (χ2v) is 15.9. The molecule has 0 aromatic rings. The molecule has 7 rings (SSSR count). The number of hydrogen-bond donors (Lipinski definition) is 2. The van der Waals surface area contributed by atoms with Gasteiger partial charge in [-0.2, -0.15) is 0 Å². The molecule has 7 aliphatic rings. The molecule has 2 heteroatoms. The van der Waals surface area contributed by atoms with Crippen molar-refractivity contribution in [2.75, 3.05) is 0 Å². The maximum absolute atomic E-state index is 11.4. The van der Waals surface area contributed by atoms with E-state index in [1.165, 1.54) is 89.0 Å². The minimum Gasteiger partial charge on any atom is -0.393 e. The largest absolute Gasteiger partial charge is 0.393 e. The fraction of sp³-hybridized carbons (Fsp3) is 0.829. The summed E-state index contributed by atoms with van der Waals surface area (Å²) in [6.45, 7) is 14.1. The van der Waals surface area contributed by atoms with Crippen LogP contribution in [0.2, 0.25) is 0 Å². The van der Waals surface area contributed by atoms with E-state index >= 15 is 0 Å². The van der Waals surface area contributed by atoms with Crippen molar-refractivity contribution < 1.29 is 5.11 Å². The molecule has 204 valence electrons. The molecule has 0 radical (unpaired) electrons. The van der Waals surface area contributed by atoms with Crippen LogP contribution in [0.5, 0.6) is 0 Å². The van der Waals surface area contributed by atoms with Gasteiger partial charge in [-0.15, -0.1) is 0 Å². The molecule has 0 bridgehead atoms. The molecule has 37 heavy (non-hydrogen) atoms. The molecule has 5 saturated carbocycles. The van der Waals surface area contributed by atoms with Gasteiger partial charge in [0.05, 0.1) is 6.10 Å². The maximum Gasteiger partial charge on any atom is 0.0599 e. The van der Waals surface area contributed by atoms with Crippen molar-refractivity contribution in [1.29, 1.82) is 0 Å². The fourth-order valence-corrected chi connectivity index (χ4v) is 12.1. The van der Waals surface area contributed by atoms with E-state index in [-0.39, 0.29) is 17.1 Å². The van der Waals surface area contributed by atoms with Crippen LogP contribution in [0.25, 0.3) is 0 Å². The highest BCUT2D eigenvalue weighted by atomic mass is 16.3. The van der Waals surface area contributed by atoms with Crippen LogP contribution in [0, 0.1) is 46.3 Å². The predicted octanol–water partition coefficient (Wildman–Crippen LogP) is 8.13. The Morgan fingerprint density at radius 3 is 2.57 bits per heavy atom. The number of aliphatic hydroxyl groups is 1. The molecule has 0 amide bonds. The van der Waals surface area contributed by atoms with Crippen molar-refractivity contribution in [3.8, 4) is 0 Å². The van der Waals surface area contributed by atoms with Gasteiger partial charge in [-0.1, -0.05) is 54.7 Å². The lowest BCUT2D eigenvalue weighted by Crippen LogP contribution is -2.61. The van der Waals surface area contributed by atoms with Gasteiger partial charge < -0.3 is 10.4 Å². The molecule has 0 aromatic heterocycles. The molecule has 0 aromatic carbocycles. The van der Waals surface area contributed by atoms with Crippen LogP contribution in [-0.4, -0.2) is 22.8 Å². The summed E-state index contributed by atoms with van der Waals surface area (Å²) in [6, 6.07) is 0.543. The van der Waals surface area contributed by atoms with Crippen LogP contribution < -0.4 is 5.32 Å². The van der Waals surface area contributed by atoms with Gasteiger partial charge in [0.25, 0.3) is 0 Å². The van der Waals surface area contributed by atoms with Crippen LogP contribution in [-0.2, 0) is 0 Å². The molecular weight excluding hydrogens is 450 g/mol. The average molecular weight is 504 g/mol. The van der Waals surface area contributed by atoms with E-state index in [0.29, 0.717) is 17.4 Å². The highest BCUT2D eigenvalue weighted by Crippen LogP contribution is 2.66. The number of hydrogen-bond acceptors (Lipinski definition) is 2. The third kappa shape index (κ3) is 3.70. The molecule has 1 heterocycles. The summed E-state index contributed by atoms with van der Waals surface area (Å²) in [6.07, 6.45) is 21.0. The number of nitrogens with one attached hydrogen (secondary N) is 1. The standard InChI is InChI=1S/C35H53NO/c1-21(2)23-10-13-33(4)19-26(14-22(3)29(33)17-23)30-9-8-27-16-24-15-25-20-35(11-6-7-12-35)31(37)18-28(25)32(24)34(27,5)36-30/h14,23-25,27-28,30-32,36-37H,1,6-13,15-20H2,2-5H3. The van der Waals surface area contributed by atoms with Gasteiger partial charge in [0, 0.05) is 11.6 Å². The molecule has 2 nitrogen and oxygen atoms in total. The van der Waals surface area contributed by atoms with Crippen molar-refractivity contribution in [2.45, 2.75) is 135 Å². The molecule has 6 aliphatic carbocycles. The number of allylic oxidation sites excluding steroid dienone is 4. The normalized spacial score (nSPS) is 50.4. The van der Waals surface area contributed by atoms with Crippen molar-refractivity contribution in [1.82, 2.24) is 5.32 Å². The Morgan fingerprint density at radius 2 is 1.81 bits per heavy atom. The van der Waals surface area contributed by atoms with Crippen molar-refractivity contribution in [3.63, 3.8) is 0 Å². The van der Waals surface area contributed by atoms with Gasteiger partial charge in [0.2, 0.25) is 0 Å². The van der Waals surface area contributed by atoms with E-state index < -0.39 is 0 Å². The first kappa shape index (κ1) is 25.1. The zero-order chi connectivity index (χ0) is 25.7. The second-order valence-electron chi connectivity index (χ2n) is 15.9. The van der Waals surface area contributed by atoms with E-state index in [4.69, 9.17) is 0 Å². The Balaban J connectivity index is 1.13. The van der Waals surface area contributed by atoms with Crippen LogP contribution in [0.4, 0.5) is 0 Å². The molecule has 10 atom stereocenters. The highest BCUT2D eigenvalue weighted by Gasteiger charge is 2.64. The Morgan fingerprint density at radius 1 is 1.03 bits per heavy atom. The van der Waals surface area contributed by atoms with Gasteiger partial charge in [0.1, 0.15) is 0 Å². The number of fused-ring (bicyclic) bond motifs is 6. The molecular formula is C35H53NO. The predicted molar refractivity (Wildman–Crippen MR) is 153 cm³/mol. The summed E-state index contributed by atoms with van der Waals surface area (Å²) in [5, 5.41) is 15.9. The van der Waals surface area contributed by atoms with E-state index in [1.54, 1.807) is 16.7 Å². The van der Waals surface area contributed by atoms with Gasteiger partial charge in [-0.3, -0.25) is 0 Å². The molecule has 1 spiro atoms. The Hall–Kier alpha value is -0.860. The first-order valence-corrected chi connectivity index (χ1v) is 16.1. The zero-order valence-corrected chi connectivity index (χ0v) is 24.2. The summed E-state index contributed by atoms with van der Waals surface area (Å²) in [4.78, 5) is 0. The summed E-state index contributed by atoms with van der Waals surface area (Å²) in [7, 11) is 0. The first-order chi connectivity index (χ1) is 17.6. The van der Waals surface area contributed by atoms with Gasteiger partial charge >= 0.3 is 0 Å². The summed E-state index contributed by atoms with van der Waals surface area (Å²) in [5.74, 6) is 4.80. The summed E-state index contributed by atoms with van der Waals surface area (Å²) in [5.41, 5.74) is 7.25. The minimum atomic E-state index is -0.0430.